The van der Waals surface area contributed by atoms with E-state index in [9.17, 15) is 14.7 Å². The normalized spacial score (nSPS) is 29.2. The number of β-lactam (4-membered cyclic amide) rings is 1. The lowest BCUT2D eigenvalue weighted by atomic mass is 9.96. The number of aliphatic carboxylic acids is 1. The maximum absolute atomic E-state index is 12.3. The maximum atomic E-state index is 12.3. The van der Waals surface area contributed by atoms with E-state index < -0.39 is 22.8 Å². The molecule has 2 aliphatic rings. The zero-order valence-corrected chi connectivity index (χ0v) is 14.3. The fraction of sp³-hybridized carbons (Fsp3) is 0.438. The molecule has 1 amide bonds. The Morgan fingerprint density at radius 2 is 2.04 bits per heavy atom. The molecule has 1 aromatic rings. The van der Waals surface area contributed by atoms with Gasteiger partial charge >= 0.3 is 5.97 Å². The molecule has 0 aliphatic carbocycles. The highest BCUT2D eigenvalue weighted by Gasteiger charge is 2.64. The smallest absolute Gasteiger partial charge is 0.327 e. The first-order valence-electron chi connectivity index (χ1n) is 7.30. The maximum Gasteiger partial charge on any atom is 0.327 e. The van der Waals surface area contributed by atoms with Gasteiger partial charge in [-0.15, -0.1) is 11.8 Å². The largest absolute Gasteiger partial charge is 0.480 e. The number of amides is 1. The van der Waals surface area contributed by atoms with Crippen LogP contribution in [0.15, 0.2) is 35.3 Å². The van der Waals surface area contributed by atoms with Gasteiger partial charge in [0.05, 0.1) is 0 Å². The number of hydrogen-bond donors (Lipinski definition) is 1. The second-order valence-corrected chi connectivity index (χ2v) is 8.42. The van der Waals surface area contributed by atoms with E-state index >= 15 is 0 Å². The van der Waals surface area contributed by atoms with Gasteiger partial charge in [0.2, 0.25) is 0 Å². The number of rotatable bonds is 4. The molecule has 122 valence electrons. The summed E-state index contributed by atoms with van der Waals surface area (Å²) in [5, 5.41) is 9.50. The standard InChI is InChI=1S/C16H17ClN2O3S/c1-16(2)12(15(21)22)19-13(20)11(14(19)23-16)18-10(17)8-9-6-4-3-5-7-9/h3-7,11-12,14H,8H2,1-2H3,(H,21,22)/t11-,12+,14-/m1/s1. The van der Waals surface area contributed by atoms with E-state index in [2.05, 4.69) is 4.99 Å². The molecule has 3 atom stereocenters. The summed E-state index contributed by atoms with van der Waals surface area (Å²) < 4.78 is -0.539. The Balaban J connectivity index is 1.75. The second-order valence-electron chi connectivity index (χ2n) is 6.21. The number of fused-ring (bicyclic) bond motifs is 1. The van der Waals surface area contributed by atoms with Crippen LogP contribution in [0.1, 0.15) is 19.4 Å². The lowest BCUT2D eigenvalue weighted by Gasteiger charge is -2.41. The molecule has 1 aromatic carbocycles. The summed E-state index contributed by atoms with van der Waals surface area (Å²) in [5.74, 6) is -1.23. The van der Waals surface area contributed by atoms with Crippen molar-refractivity contribution < 1.29 is 14.7 Å². The number of nitrogens with zero attached hydrogens (tertiary/aromatic N) is 2. The molecule has 0 saturated carbocycles. The lowest BCUT2D eigenvalue weighted by Crippen LogP contribution is -2.65. The van der Waals surface area contributed by atoms with Crippen LogP contribution in [0, 0.1) is 0 Å². The molecule has 3 rings (SSSR count). The van der Waals surface area contributed by atoms with Crippen molar-refractivity contribution in [3.63, 3.8) is 0 Å². The first-order chi connectivity index (χ1) is 10.8. The molecule has 0 aromatic heterocycles. The van der Waals surface area contributed by atoms with Crippen LogP contribution in [-0.4, -0.2) is 49.3 Å². The number of carbonyl (C=O) groups is 2. The fourth-order valence-electron chi connectivity index (χ4n) is 3.07. The third-order valence-electron chi connectivity index (χ3n) is 4.12. The van der Waals surface area contributed by atoms with Gasteiger partial charge in [-0.3, -0.25) is 9.79 Å². The number of thioether (sulfide) groups is 1. The van der Waals surface area contributed by atoms with Crippen LogP contribution in [0.25, 0.3) is 0 Å². The minimum Gasteiger partial charge on any atom is -0.480 e. The second kappa shape index (κ2) is 5.83. The van der Waals surface area contributed by atoms with E-state index in [4.69, 9.17) is 11.6 Å². The zero-order valence-electron chi connectivity index (χ0n) is 12.8. The Bertz CT molecular complexity index is 677. The summed E-state index contributed by atoms with van der Waals surface area (Å²) >= 11 is 7.67. The van der Waals surface area contributed by atoms with Crippen molar-refractivity contribution in [2.75, 3.05) is 0 Å². The van der Waals surface area contributed by atoms with Crippen LogP contribution in [0.2, 0.25) is 0 Å². The molecule has 0 radical (unpaired) electrons. The topological polar surface area (TPSA) is 70.0 Å². The zero-order chi connectivity index (χ0) is 16.8. The minimum absolute atomic E-state index is 0.247. The third-order valence-corrected chi connectivity index (χ3v) is 5.91. The van der Waals surface area contributed by atoms with Gasteiger partial charge in [0.15, 0.2) is 6.04 Å². The highest BCUT2D eigenvalue weighted by Crippen LogP contribution is 2.51. The molecule has 0 bridgehead atoms. The summed E-state index contributed by atoms with van der Waals surface area (Å²) in [4.78, 5) is 29.5. The molecule has 23 heavy (non-hydrogen) atoms. The summed E-state index contributed by atoms with van der Waals surface area (Å²) in [6.45, 7) is 3.68. The molecule has 2 saturated heterocycles. The molecular weight excluding hydrogens is 336 g/mol. The lowest BCUT2D eigenvalue weighted by molar-refractivity contribution is -0.158. The van der Waals surface area contributed by atoms with Crippen LogP contribution in [0.3, 0.4) is 0 Å². The first kappa shape index (κ1) is 16.3. The number of carboxylic acids is 1. The van der Waals surface area contributed by atoms with E-state index in [0.717, 1.165) is 5.56 Å². The van der Waals surface area contributed by atoms with Gasteiger partial charge in [0.25, 0.3) is 5.91 Å². The number of halogens is 1. The Kier molecular flexibility index (Phi) is 4.14. The third kappa shape index (κ3) is 2.85. The summed E-state index contributed by atoms with van der Waals surface area (Å²) in [7, 11) is 0. The Labute approximate surface area is 143 Å². The number of carbonyl (C=O) groups excluding carboxylic acids is 1. The number of benzene rings is 1. The van der Waals surface area contributed by atoms with Gasteiger partial charge in [-0.1, -0.05) is 41.9 Å². The average Bonchev–Trinajstić information content (AvgIpc) is 2.74. The highest BCUT2D eigenvalue weighted by atomic mass is 35.5. The Morgan fingerprint density at radius 1 is 1.39 bits per heavy atom. The molecule has 5 nitrogen and oxygen atoms in total. The van der Waals surface area contributed by atoms with Crippen LogP contribution >= 0.6 is 23.4 Å². The monoisotopic (exact) mass is 352 g/mol. The van der Waals surface area contributed by atoms with E-state index in [-0.39, 0.29) is 11.3 Å². The van der Waals surface area contributed by atoms with E-state index in [1.54, 1.807) is 0 Å². The van der Waals surface area contributed by atoms with Gasteiger partial charge < -0.3 is 10.0 Å². The fourth-order valence-corrected chi connectivity index (χ4v) is 4.94. The molecule has 1 N–H and O–H groups in total. The number of hydrogen-bond acceptors (Lipinski definition) is 4. The van der Waals surface area contributed by atoms with Crippen molar-refractivity contribution in [2.24, 2.45) is 4.99 Å². The summed E-state index contributed by atoms with van der Waals surface area (Å²) in [6, 6.07) is 8.25. The van der Waals surface area contributed by atoms with E-state index in [1.807, 2.05) is 44.2 Å². The van der Waals surface area contributed by atoms with Crippen molar-refractivity contribution in [3.05, 3.63) is 35.9 Å². The first-order valence-corrected chi connectivity index (χ1v) is 8.56. The Morgan fingerprint density at radius 3 is 2.65 bits per heavy atom. The predicted molar refractivity (Wildman–Crippen MR) is 90.9 cm³/mol. The summed E-state index contributed by atoms with van der Waals surface area (Å²) in [6.07, 6.45) is 0.468. The van der Waals surface area contributed by atoms with Crippen molar-refractivity contribution in [1.82, 2.24) is 4.90 Å². The molecule has 2 fully saturated rings. The average molecular weight is 353 g/mol. The number of aliphatic imine (C=N–C) groups is 1. The van der Waals surface area contributed by atoms with Crippen molar-refractivity contribution in [2.45, 2.75) is 42.5 Å². The van der Waals surface area contributed by atoms with Gasteiger partial charge in [0.1, 0.15) is 16.6 Å². The number of carboxylic acid groups (broad SMARTS) is 1. The van der Waals surface area contributed by atoms with Gasteiger partial charge in [-0.05, 0) is 19.4 Å². The predicted octanol–water partition coefficient (Wildman–Crippen LogP) is 2.38. The van der Waals surface area contributed by atoms with Crippen LogP contribution in [0.5, 0.6) is 0 Å². The highest BCUT2D eigenvalue weighted by molar-refractivity contribution is 8.01. The Hall–Kier alpha value is -1.53. The quantitative estimate of drug-likeness (QED) is 0.667. The van der Waals surface area contributed by atoms with Gasteiger partial charge in [0, 0.05) is 11.2 Å². The summed E-state index contributed by atoms with van der Waals surface area (Å²) in [5.41, 5.74) is 1.02. The SMILES string of the molecule is CC1(C)S[C@@H]2[C@H](N=C(Cl)Cc3ccccc3)C(=O)N2[C@H]1C(=O)O. The van der Waals surface area contributed by atoms with Gasteiger partial charge in [-0.25, -0.2) is 4.79 Å². The van der Waals surface area contributed by atoms with E-state index in [0.29, 0.717) is 11.6 Å². The minimum atomic E-state index is -0.976. The van der Waals surface area contributed by atoms with Crippen LogP contribution in [0.4, 0.5) is 0 Å². The van der Waals surface area contributed by atoms with Gasteiger partial charge in [-0.2, -0.15) is 0 Å². The molecule has 7 heteroatoms. The molecular formula is C16H17ClN2O3S. The van der Waals surface area contributed by atoms with Crippen LogP contribution in [-0.2, 0) is 16.0 Å². The molecule has 0 spiro atoms. The van der Waals surface area contributed by atoms with Crippen molar-refractivity contribution >= 4 is 40.4 Å². The van der Waals surface area contributed by atoms with Crippen LogP contribution < -0.4 is 0 Å². The molecule has 0 unspecified atom stereocenters. The molecule has 2 heterocycles. The van der Waals surface area contributed by atoms with Crippen molar-refractivity contribution in [3.8, 4) is 0 Å². The van der Waals surface area contributed by atoms with Crippen molar-refractivity contribution in [1.29, 1.82) is 0 Å². The van der Waals surface area contributed by atoms with E-state index in [1.165, 1.54) is 16.7 Å². The molecule has 2 aliphatic heterocycles.